The minimum atomic E-state index is 0.430. The molecule has 0 fully saturated rings. The van der Waals surface area contributed by atoms with Crippen molar-refractivity contribution in [2.24, 2.45) is 0 Å². The van der Waals surface area contributed by atoms with Crippen LogP contribution in [0.3, 0.4) is 0 Å². The van der Waals surface area contributed by atoms with Crippen molar-refractivity contribution in [3.8, 4) is 0 Å². The zero-order valence-electron chi connectivity index (χ0n) is 11.3. The van der Waals surface area contributed by atoms with E-state index in [1.54, 1.807) is 5.57 Å². The van der Waals surface area contributed by atoms with Crippen LogP contribution in [-0.4, -0.2) is 25.0 Å². The number of likely N-dealkylation sites (N-methyl/N-ethyl adjacent to an activating group) is 1. The van der Waals surface area contributed by atoms with E-state index in [1.807, 2.05) is 13.8 Å². The Hall–Kier alpha value is -1.08. The SMILES string of the molecule is CC.[2H]CN1CCC2=C(C1)c1ccccc1C2. The third kappa shape index (κ3) is 1.92. The van der Waals surface area contributed by atoms with Crippen molar-refractivity contribution in [3.05, 3.63) is 41.0 Å². The van der Waals surface area contributed by atoms with Gasteiger partial charge in [-0.25, -0.2) is 0 Å². The molecule has 0 amide bonds. The normalized spacial score (nSPS) is 19.5. The van der Waals surface area contributed by atoms with Crippen molar-refractivity contribution < 1.29 is 1.37 Å². The van der Waals surface area contributed by atoms with E-state index in [2.05, 4.69) is 29.2 Å². The molecule has 0 N–H and O–H groups in total. The third-order valence-corrected chi connectivity index (χ3v) is 3.28. The van der Waals surface area contributed by atoms with Crippen LogP contribution in [-0.2, 0) is 6.42 Å². The summed E-state index contributed by atoms with van der Waals surface area (Å²) in [5, 5.41) is 0. The topological polar surface area (TPSA) is 3.24 Å². The largest absolute Gasteiger partial charge is 0.302 e. The fourth-order valence-corrected chi connectivity index (χ4v) is 2.53. The van der Waals surface area contributed by atoms with Crippen LogP contribution >= 0.6 is 0 Å². The summed E-state index contributed by atoms with van der Waals surface area (Å²) in [4.78, 5) is 2.21. The second-order valence-electron chi connectivity index (χ2n) is 4.22. The molecule has 3 rings (SSSR count). The monoisotopic (exact) mass is 216 g/mol. The summed E-state index contributed by atoms with van der Waals surface area (Å²) in [5.74, 6) is 0. The minimum absolute atomic E-state index is 0.430. The number of benzene rings is 1. The van der Waals surface area contributed by atoms with Gasteiger partial charge in [0, 0.05) is 14.5 Å². The lowest BCUT2D eigenvalue weighted by Crippen LogP contribution is -2.26. The van der Waals surface area contributed by atoms with E-state index in [9.17, 15) is 0 Å². The Balaban J connectivity index is 0.000000514. The summed E-state index contributed by atoms with van der Waals surface area (Å²) in [6.45, 7) is 6.05. The van der Waals surface area contributed by atoms with Crippen molar-refractivity contribution in [2.75, 3.05) is 20.1 Å². The van der Waals surface area contributed by atoms with Gasteiger partial charge in [-0.05, 0) is 36.6 Å². The molecule has 1 heterocycles. The average molecular weight is 216 g/mol. The van der Waals surface area contributed by atoms with Crippen LogP contribution in [0, 0.1) is 0 Å². The van der Waals surface area contributed by atoms with Crippen molar-refractivity contribution in [2.45, 2.75) is 26.7 Å². The molecule has 0 spiro atoms. The Morgan fingerprint density at radius 2 is 2.06 bits per heavy atom. The van der Waals surface area contributed by atoms with Gasteiger partial charge in [0.05, 0.1) is 0 Å². The molecule has 0 atom stereocenters. The van der Waals surface area contributed by atoms with Crippen molar-refractivity contribution in [1.29, 1.82) is 0 Å². The number of rotatable bonds is 0. The molecule has 0 saturated carbocycles. The predicted octanol–water partition coefficient (Wildman–Crippen LogP) is 3.36. The Kier molecular flexibility index (Phi) is 3.05. The van der Waals surface area contributed by atoms with Gasteiger partial charge in [-0.1, -0.05) is 43.7 Å². The molecule has 1 aromatic rings. The molecule has 0 bridgehead atoms. The molecule has 1 aromatic carbocycles. The van der Waals surface area contributed by atoms with Gasteiger partial charge in [-0.15, -0.1) is 0 Å². The van der Waals surface area contributed by atoms with Crippen LogP contribution in [0.1, 0.15) is 32.8 Å². The highest BCUT2D eigenvalue weighted by Crippen LogP contribution is 2.36. The lowest BCUT2D eigenvalue weighted by Gasteiger charge is -2.24. The van der Waals surface area contributed by atoms with Crippen LogP contribution in [0.4, 0.5) is 0 Å². The summed E-state index contributed by atoms with van der Waals surface area (Å²) < 4.78 is 7.44. The van der Waals surface area contributed by atoms with E-state index in [4.69, 9.17) is 1.37 Å². The summed E-state index contributed by atoms with van der Waals surface area (Å²) in [6.07, 6.45) is 2.31. The van der Waals surface area contributed by atoms with Gasteiger partial charge >= 0.3 is 0 Å². The maximum atomic E-state index is 7.44. The van der Waals surface area contributed by atoms with Crippen molar-refractivity contribution >= 4 is 5.57 Å². The number of hydrogen-bond donors (Lipinski definition) is 0. The van der Waals surface area contributed by atoms with Gasteiger partial charge in [-0.3, -0.25) is 0 Å². The minimum Gasteiger partial charge on any atom is -0.302 e. The lowest BCUT2D eigenvalue weighted by atomic mass is 10.0. The van der Waals surface area contributed by atoms with Crippen LogP contribution in [0.15, 0.2) is 29.8 Å². The first kappa shape index (κ1) is 10.1. The molecule has 86 valence electrons. The first-order valence-corrected chi connectivity index (χ1v) is 6.19. The average Bonchev–Trinajstić information content (AvgIpc) is 2.78. The van der Waals surface area contributed by atoms with E-state index in [1.165, 1.54) is 16.7 Å². The molecule has 0 aromatic heterocycles. The molecule has 1 heteroatoms. The molecule has 2 aliphatic rings. The highest BCUT2D eigenvalue weighted by atomic mass is 15.1. The van der Waals surface area contributed by atoms with Gasteiger partial charge in [0.2, 0.25) is 0 Å². The van der Waals surface area contributed by atoms with Crippen LogP contribution < -0.4 is 0 Å². The molecule has 16 heavy (non-hydrogen) atoms. The zero-order chi connectivity index (χ0) is 12.3. The van der Waals surface area contributed by atoms with E-state index in [0.717, 1.165) is 25.9 Å². The highest BCUT2D eigenvalue weighted by Gasteiger charge is 2.24. The number of nitrogens with zero attached hydrogens (tertiary/aromatic N) is 1. The molecule has 0 saturated heterocycles. The molecule has 0 unspecified atom stereocenters. The first-order valence-electron chi connectivity index (χ1n) is 6.90. The molecule has 1 aliphatic carbocycles. The third-order valence-electron chi connectivity index (χ3n) is 3.28. The van der Waals surface area contributed by atoms with Crippen molar-refractivity contribution in [1.82, 2.24) is 4.90 Å². The quantitative estimate of drug-likeness (QED) is 0.643. The summed E-state index contributed by atoms with van der Waals surface area (Å²) in [7, 11) is 0.430. The Morgan fingerprint density at radius 1 is 1.25 bits per heavy atom. The highest BCUT2D eigenvalue weighted by molar-refractivity contribution is 5.78. The number of hydrogen-bond acceptors (Lipinski definition) is 1. The number of fused-ring (bicyclic) bond motifs is 2. The van der Waals surface area contributed by atoms with Crippen LogP contribution in [0.25, 0.3) is 5.57 Å². The fourth-order valence-electron chi connectivity index (χ4n) is 2.53. The maximum Gasteiger partial charge on any atom is 0.0394 e. The fraction of sp³-hybridized carbons (Fsp3) is 0.467. The van der Waals surface area contributed by atoms with Gasteiger partial charge in [-0.2, -0.15) is 0 Å². The lowest BCUT2D eigenvalue weighted by molar-refractivity contribution is 0.367. The Bertz CT molecular complexity index is 423. The molecular formula is C15H21N. The van der Waals surface area contributed by atoms with E-state index < -0.39 is 0 Å². The van der Waals surface area contributed by atoms with Gasteiger partial charge in [0.15, 0.2) is 0 Å². The second-order valence-corrected chi connectivity index (χ2v) is 4.22. The van der Waals surface area contributed by atoms with Crippen LogP contribution in [0.2, 0.25) is 0 Å². The standard InChI is InChI=1S/C13H15N.C2H6/c1-14-7-6-11-8-10-4-2-3-5-12(10)13(11)9-14;1-2/h2-5H,6-9H2,1H3;1-2H3/i1D;. The van der Waals surface area contributed by atoms with E-state index in [-0.39, 0.29) is 0 Å². The summed E-state index contributed by atoms with van der Waals surface area (Å²) in [5.41, 5.74) is 6.03. The van der Waals surface area contributed by atoms with E-state index >= 15 is 0 Å². The Morgan fingerprint density at radius 3 is 2.88 bits per heavy atom. The second kappa shape index (κ2) is 4.84. The zero-order valence-corrected chi connectivity index (χ0v) is 10.3. The summed E-state index contributed by atoms with van der Waals surface area (Å²) >= 11 is 0. The van der Waals surface area contributed by atoms with Gasteiger partial charge in [0.25, 0.3) is 0 Å². The van der Waals surface area contributed by atoms with E-state index in [0.29, 0.717) is 7.02 Å². The molecular weight excluding hydrogens is 194 g/mol. The molecule has 0 radical (unpaired) electrons. The summed E-state index contributed by atoms with van der Waals surface area (Å²) in [6, 6.07) is 8.71. The predicted molar refractivity (Wildman–Crippen MR) is 70.5 cm³/mol. The molecule has 1 aliphatic heterocycles. The van der Waals surface area contributed by atoms with Gasteiger partial charge in [0.1, 0.15) is 0 Å². The maximum absolute atomic E-state index is 7.44. The van der Waals surface area contributed by atoms with Crippen LogP contribution in [0.5, 0.6) is 0 Å². The van der Waals surface area contributed by atoms with Gasteiger partial charge < -0.3 is 4.90 Å². The Labute approximate surface area is 100 Å². The van der Waals surface area contributed by atoms with Crippen molar-refractivity contribution in [3.63, 3.8) is 0 Å². The first-order chi connectivity index (χ1) is 8.38. The smallest absolute Gasteiger partial charge is 0.0394 e. The molecule has 1 nitrogen and oxygen atoms in total.